The number of hydrogen-bond donors (Lipinski definition) is 1. The van der Waals surface area contributed by atoms with Crippen molar-refractivity contribution < 1.29 is 18.0 Å². The monoisotopic (exact) mass is 405 g/mol. The van der Waals surface area contributed by atoms with E-state index in [1.54, 1.807) is 25.1 Å². The highest BCUT2D eigenvalue weighted by Crippen LogP contribution is 2.29. The van der Waals surface area contributed by atoms with Gasteiger partial charge in [-0.05, 0) is 31.2 Å². The predicted octanol–water partition coefficient (Wildman–Crippen LogP) is 4.38. The summed E-state index contributed by atoms with van der Waals surface area (Å²) in [6.07, 6.45) is -3.52. The molecule has 122 valence electrons. The molecule has 0 radical (unpaired) electrons. The smallest absolute Gasteiger partial charge is 0.325 e. The molecule has 1 aromatic heterocycles. The zero-order valence-corrected chi connectivity index (χ0v) is 14.2. The Morgan fingerprint density at radius 2 is 2.09 bits per heavy atom. The van der Waals surface area contributed by atoms with Crippen molar-refractivity contribution in [3.8, 4) is 0 Å². The van der Waals surface area contributed by atoms with E-state index in [2.05, 4.69) is 31.2 Å². The second kappa shape index (κ2) is 7.31. The Kier molecular flexibility index (Phi) is 5.64. The number of nitrogens with zero attached hydrogens (tertiary/aromatic N) is 2. The molecule has 2 aromatic rings. The van der Waals surface area contributed by atoms with Crippen LogP contribution >= 0.6 is 27.7 Å². The molecule has 0 bridgehead atoms. The zero-order valence-electron chi connectivity index (χ0n) is 11.8. The normalized spacial score (nSPS) is 12.7. The highest BCUT2D eigenvalue weighted by atomic mass is 79.9. The third-order valence-electron chi connectivity index (χ3n) is 2.67. The standard InChI is InChI=1S/C14H11BrF3N3OS/c1-8(12(22)20-10-4-2-3-9(15)7-10)23-13-19-6-5-11(21-13)14(16,17)18/h2-8H,1H3,(H,20,22). The molecule has 1 atom stereocenters. The lowest BCUT2D eigenvalue weighted by Gasteiger charge is -2.12. The number of thioether (sulfide) groups is 1. The minimum Gasteiger partial charge on any atom is -0.325 e. The number of amides is 1. The Hall–Kier alpha value is -1.61. The van der Waals surface area contributed by atoms with E-state index in [0.29, 0.717) is 5.69 Å². The first kappa shape index (κ1) is 17.7. The van der Waals surface area contributed by atoms with Crippen LogP contribution in [0.5, 0.6) is 0 Å². The predicted molar refractivity (Wildman–Crippen MR) is 85.1 cm³/mol. The van der Waals surface area contributed by atoms with Gasteiger partial charge in [-0.2, -0.15) is 13.2 Å². The highest BCUT2D eigenvalue weighted by molar-refractivity contribution is 9.10. The zero-order chi connectivity index (χ0) is 17.0. The highest BCUT2D eigenvalue weighted by Gasteiger charge is 2.33. The number of carbonyl (C=O) groups excluding carboxylic acids is 1. The van der Waals surface area contributed by atoms with Gasteiger partial charge in [-0.1, -0.05) is 33.8 Å². The average Bonchev–Trinajstić information content (AvgIpc) is 2.46. The molecule has 4 nitrogen and oxygen atoms in total. The molecule has 1 amide bonds. The van der Waals surface area contributed by atoms with Crippen LogP contribution in [0.2, 0.25) is 0 Å². The van der Waals surface area contributed by atoms with E-state index in [9.17, 15) is 18.0 Å². The number of anilines is 1. The molecule has 9 heteroatoms. The van der Waals surface area contributed by atoms with Crippen molar-refractivity contribution in [2.24, 2.45) is 0 Å². The van der Waals surface area contributed by atoms with E-state index in [4.69, 9.17) is 0 Å². The van der Waals surface area contributed by atoms with Gasteiger partial charge in [0.05, 0.1) is 5.25 Å². The fourth-order valence-electron chi connectivity index (χ4n) is 1.58. The van der Waals surface area contributed by atoms with Crippen LogP contribution in [0.4, 0.5) is 18.9 Å². The number of hydrogen-bond acceptors (Lipinski definition) is 4. The van der Waals surface area contributed by atoms with Crippen molar-refractivity contribution in [3.63, 3.8) is 0 Å². The first-order chi connectivity index (χ1) is 10.8. The second-order valence-electron chi connectivity index (χ2n) is 4.48. The molecule has 0 spiro atoms. The lowest BCUT2D eigenvalue weighted by atomic mass is 10.3. The van der Waals surface area contributed by atoms with Gasteiger partial charge in [-0.25, -0.2) is 9.97 Å². The lowest BCUT2D eigenvalue weighted by molar-refractivity contribution is -0.141. The van der Waals surface area contributed by atoms with Gasteiger partial charge in [0, 0.05) is 16.4 Å². The quantitative estimate of drug-likeness (QED) is 0.605. The van der Waals surface area contributed by atoms with Crippen molar-refractivity contribution in [3.05, 3.63) is 46.7 Å². The molecule has 0 aliphatic heterocycles. The number of aromatic nitrogens is 2. The molecule has 0 aliphatic carbocycles. The summed E-state index contributed by atoms with van der Waals surface area (Å²) in [6.45, 7) is 1.57. The Balaban J connectivity index is 2.04. The molecular weight excluding hydrogens is 395 g/mol. The number of rotatable bonds is 4. The van der Waals surface area contributed by atoms with Crippen LogP contribution in [-0.2, 0) is 11.0 Å². The van der Waals surface area contributed by atoms with Crippen LogP contribution in [0.3, 0.4) is 0 Å². The maximum absolute atomic E-state index is 12.6. The van der Waals surface area contributed by atoms with Crippen LogP contribution in [0.25, 0.3) is 0 Å². The lowest BCUT2D eigenvalue weighted by Crippen LogP contribution is -2.22. The van der Waals surface area contributed by atoms with Gasteiger partial charge in [-0.15, -0.1) is 0 Å². The minimum atomic E-state index is -4.54. The molecule has 0 fully saturated rings. The van der Waals surface area contributed by atoms with Gasteiger partial charge in [0.15, 0.2) is 5.16 Å². The van der Waals surface area contributed by atoms with E-state index in [-0.39, 0.29) is 11.1 Å². The van der Waals surface area contributed by atoms with Gasteiger partial charge in [-0.3, -0.25) is 4.79 Å². The van der Waals surface area contributed by atoms with Crippen molar-refractivity contribution in [2.75, 3.05) is 5.32 Å². The van der Waals surface area contributed by atoms with Crippen molar-refractivity contribution >= 4 is 39.3 Å². The summed E-state index contributed by atoms with van der Waals surface area (Å²) < 4.78 is 38.6. The fourth-order valence-corrected chi connectivity index (χ4v) is 2.73. The fraction of sp³-hybridized carbons (Fsp3) is 0.214. The summed E-state index contributed by atoms with van der Waals surface area (Å²) in [7, 11) is 0. The molecule has 0 saturated heterocycles. The van der Waals surface area contributed by atoms with Crippen molar-refractivity contribution in [1.29, 1.82) is 0 Å². The molecular formula is C14H11BrF3N3OS. The summed E-state index contributed by atoms with van der Waals surface area (Å²) in [5.41, 5.74) is -0.448. The van der Waals surface area contributed by atoms with Gasteiger partial charge in [0.2, 0.25) is 5.91 Å². The van der Waals surface area contributed by atoms with Gasteiger partial charge >= 0.3 is 6.18 Å². The Morgan fingerprint density at radius 1 is 1.35 bits per heavy atom. The SMILES string of the molecule is CC(Sc1nccc(C(F)(F)F)n1)C(=O)Nc1cccc(Br)c1. The number of halogens is 4. The minimum absolute atomic E-state index is 0.100. The topological polar surface area (TPSA) is 54.9 Å². The second-order valence-corrected chi connectivity index (χ2v) is 6.71. The van der Waals surface area contributed by atoms with Crippen molar-refractivity contribution in [1.82, 2.24) is 9.97 Å². The Morgan fingerprint density at radius 3 is 2.74 bits per heavy atom. The molecule has 23 heavy (non-hydrogen) atoms. The third-order valence-corrected chi connectivity index (χ3v) is 4.14. The van der Waals surface area contributed by atoms with Crippen LogP contribution < -0.4 is 5.32 Å². The summed E-state index contributed by atoms with van der Waals surface area (Å²) in [5, 5.41) is 1.92. The summed E-state index contributed by atoms with van der Waals surface area (Å²) in [4.78, 5) is 19.3. The van der Waals surface area contributed by atoms with Crippen LogP contribution in [-0.4, -0.2) is 21.1 Å². The van der Waals surface area contributed by atoms with Gasteiger partial charge in [0.25, 0.3) is 0 Å². The van der Waals surface area contributed by atoms with E-state index >= 15 is 0 Å². The molecule has 0 saturated carbocycles. The van der Waals surface area contributed by atoms with Gasteiger partial charge < -0.3 is 5.32 Å². The summed E-state index contributed by atoms with van der Waals surface area (Å²) in [5.74, 6) is -0.353. The number of benzene rings is 1. The molecule has 1 unspecified atom stereocenters. The van der Waals surface area contributed by atoms with E-state index in [1.165, 1.54) is 0 Å². The Labute approximate surface area is 143 Å². The number of nitrogens with one attached hydrogen (secondary N) is 1. The molecule has 1 N–H and O–H groups in total. The van der Waals surface area contributed by atoms with Crippen LogP contribution in [0.15, 0.2) is 46.2 Å². The molecule has 1 aromatic carbocycles. The number of alkyl halides is 3. The molecule has 1 heterocycles. The van der Waals surface area contributed by atoms with Gasteiger partial charge in [0.1, 0.15) is 5.69 Å². The first-order valence-corrected chi connectivity index (χ1v) is 8.06. The summed E-state index contributed by atoms with van der Waals surface area (Å²) >= 11 is 4.15. The Bertz CT molecular complexity index is 712. The third kappa shape index (κ3) is 5.21. The maximum Gasteiger partial charge on any atom is 0.433 e. The van der Waals surface area contributed by atoms with Crippen molar-refractivity contribution in [2.45, 2.75) is 23.5 Å². The van der Waals surface area contributed by atoms with E-state index in [1.807, 2.05) is 6.07 Å². The van der Waals surface area contributed by atoms with Crippen LogP contribution in [0.1, 0.15) is 12.6 Å². The van der Waals surface area contributed by atoms with Crippen LogP contribution in [0, 0.1) is 0 Å². The van der Waals surface area contributed by atoms with E-state index in [0.717, 1.165) is 28.5 Å². The average molecular weight is 406 g/mol. The molecule has 0 aliphatic rings. The molecule has 2 rings (SSSR count). The van der Waals surface area contributed by atoms with E-state index < -0.39 is 17.1 Å². The maximum atomic E-state index is 12.6. The summed E-state index contributed by atoms with van der Waals surface area (Å²) in [6, 6.07) is 7.78. The largest absolute Gasteiger partial charge is 0.433 e. The first-order valence-electron chi connectivity index (χ1n) is 6.39. The number of carbonyl (C=O) groups is 1.